The molecule has 3 rings (SSSR count). The fourth-order valence-corrected chi connectivity index (χ4v) is 3.72. The number of amides is 1. The second-order valence-electron chi connectivity index (χ2n) is 4.63. The molecule has 2 aromatic rings. The van der Waals surface area contributed by atoms with Gasteiger partial charge in [0.15, 0.2) is 0 Å². The first-order chi connectivity index (χ1) is 9.72. The van der Waals surface area contributed by atoms with E-state index in [1.807, 2.05) is 36.6 Å². The number of benzene rings is 1. The van der Waals surface area contributed by atoms with Gasteiger partial charge in [-0.3, -0.25) is 10.1 Å². The van der Waals surface area contributed by atoms with Crippen molar-refractivity contribution >= 4 is 34.7 Å². The Labute approximate surface area is 126 Å². The van der Waals surface area contributed by atoms with E-state index >= 15 is 0 Å². The zero-order chi connectivity index (χ0) is 13.9. The number of aryl methyl sites for hydroxylation is 1. The van der Waals surface area contributed by atoms with Crippen LogP contribution in [0.2, 0.25) is 0 Å². The molecular weight excluding hydrogens is 290 g/mol. The molecule has 0 spiro atoms. The van der Waals surface area contributed by atoms with Gasteiger partial charge in [-0.1, -0.05) is 0 Å². The maximum Gasteiger partial charge on any atom is 0.242 e. The number of carbonyl (C=O) groups excluding carboxylic acids is 1. The van der Waals surface area contributed by atoms with Crippen LogP contribution >= 0.6 is 23.1 Å². The van der Waals surface area contributed by atoms with Crippen LogP contribution in [0.3, 0.4) is 0 Å². The average Bonchev–Trinajstić information content (AvgIpc) is 3.10. The third-order valence-corrected chi connectivity index (χ3v) is 5.00. The van der Waals surface area contributed by atoms with Crippen molar-refractivity contribution < 1.29 is 4.79 Å². The summed E-state index contributed by atoms with van der Waals surface area (Å²) in [6.45, 7) is 1.99. The number of thioether (sulfide) groups is 1. The topological polar surface area (TPSA) is 54.0 Å². The quantitative estimate of drug-likeness (QED) is 0.915. The van der Waals surface area contributed by atoms with Crippen molar-refractivity contribution in [1.29, 1.82) is 0 Å². The van der Waals surface area contributed by atoms with Crippen molar-refractivity contribution in [3.05, 3.63) is 35.3 Å². The number of hydrogen-bond acceptors (Lipinski definition) is 5. The lowest BCUT2D eigenvalue weighted by molar-refractivity contribution is -0.117. The van der Waals surface area contributed by atoms with E-state index in [-0.39, 0.29) is 11.9 Å². The van der Waals surface area contributed by atoms with Crippen LogP contribution in [0, 0.1) is 6.92 Å². The number of hydrogen-bond donors (Lipinski definition) is 2. The lowest BCUT2D eigenvalue weighted by atomic mass is 10.2. The van der Waals surface area contributed by atoms with Crippen LogP contribution in [0.15, 0.2) is 29.6 Å². The van der Waals surface area contributed by atoms with E-state index in [0.29, 0.717) is 0 Å². The summed E-state index contributed by atoms with van der Waals surface area (Å²) in [5.41, 5.74) is 2.94. The van der Waals surface area contributed by atoms with Gasteiger partial charge < -0.3 is 5.32 Å². The highest BCUT2D eigenvalue weighted by molar-refractivity contribution is 7.99. The SMILES string of the molecule is Cc1csc(-c2ccc(NC(=O)C3CSCN3)cc2)n1. The molecule has 20 heavy (non-hydrogen) atoms. The molecule has 6 heteroatoms. The van der Waals surface area contributed by atoms with Gasteiger partial charge in [0.05, 0.1) is 6.04 Å². The molecule has 0 radical (unpaired) electrons. The summed E-state index contributed by atoms with van der Waals surface area (Å²) in [4.78, 5) is 16.4. The third kappa shape index (κ3) is 3.03. The molecule has 1 saturated heterocycles. The van der Waals surface area contributed by atoms with Gasteiger partial charge in [0.2, 0.25) is 5.91 Å². The summed E-state index contributed by atoms with van der Waals surface area (Å²) < 4.78 is 0. The number of carbonyl (C=O) groups is 1. The molecule has 4 nitrogen and oxygen atoms in total. The second-order valence-corrected chi connectivity index (χ2v) is 6.52. The lowest BCUT2D eigenvalue weighted by Gasteiger charge is -2.10. The molecule has 104 valence electrons. The summed E-state index contributed by atoms with van der Waals surface area (Å²) in [7, 11) is 0. The molecule has 1 aliphatic heterocycles. The number of nitrogens with one attached hydrogen (secondary N) is 2. The summed E-state index contributed by atoms with van der Waals surface area (Å²) in [6.07, 6.45) is 0. The Kier molecular flexibility index (Phi) is 4.05. The van der Waals surface area contributed by atoms with E-state index in [0.717, 1.165) is 33.6 Å². The van der Waals surface area contributed by atoms with Crippen molar-refractivity contribution in [2.75, 3.05) is 16.9 Å². The van der Waals surface area contributed by atoms with Crippen LogP contribution in [-0.2, 0) is 4.79 Å². The highest BCUT2D eigenvalue weighted by Gasteiger charge is 2.22. The van der Waals surface area contributed by atoms with Gasteiger partial charge in [-0.2, -0.15) is 0 Å². The Balaban J connectivity index is 1.68. The normalized spacial score (nSPS) is 18.1. The van der Waals surface area contributed by atoms with Gasteiger partial charge >= 0.3 is 0 Å². The van der Waals surface area contributed by atoms with Crippen LogP contribution < -0.4 is 10.6 Å². The molecular formula is C14H15N3OS2. The van der Waals surface area contributed by atoms with Crippen LogP contribution in [0.4, 0.5) is 5.69 Å². The molecule has 0 saturated carbocycles. The lowest BCUT2D eigenvalue weighted by Crippen LogP contribution is -2.37. The van der Waals surface area contributed by atoms with E-state index in [1.165, 1.54) is 0 Å². The van der Waals surface area contributed by atoms with Crippen LogP contribution in [0.25, 0.3) is 10.6 Å². The van der Waals surface area contributed by atoms with Crippen molar-refractivity contribution in [3.63, 3.8) is 0 Å². The number of aromatic nitrogens is 1. The molecule has 1 atom stereocenters. The Hall–Kier alpha value is -1.37. The maximum absolute atomic E-state index is 12.0. The number of rotatable bonds is 3. The Morgan fingerprint density at radius 3 is 2.80 bits per heavy atom. The summed E-state index contributed by atoms with van der Waals surface area (Å²) in [5, 5.41) is 9.14. The fraction of sp³-hybridized carbons (Fsp3) is 0.286. The van der Waals surface area contributed by atoms with Gasteiger partial charge in [0, 0.05) is 34.0 Å². The van der Waals surface area contributed by atoms with E-state index in [2.05, 4.69) is 15.6 Å². The first-order valence-electron chi connectivity index (χ1n) is 6.37. The highest BCUT2D eigenvalue weighted by atomic mass is 32.2. The third-order valence-electron chi connectivity index (χ3n) is 3.05. The predicted molar refractivity (Wildman–Crippen MR) is 85.2 cm³/mol. The Morgan fingerprint density at radius 1 is 1.40 bits per heavy atom. The standard InChI is InChI=1S/C14H15N3OS2/c1-9-6-20-14(16-9)10-2-4-11(5-3-10)17-13(18)12-7-19-8-15-12/h2-6,12,15H,7-8H2,1H3,(H,17,18). The van der Waals surface area contributed by atoms with E-state index < -0.39 is 0 Å². The van der Waals surface area contributed by atoms with Gasteiger partial charge in [-0.25, -0.2) is 4.98 Å². The molecule has 1 amide bonds. The average molecular weight is 305 g/mol. The molecule has 1 aromatic carbocycles. The molecule has 0 bridgehead atoms. The highest BCUT2D eigenvalue weighted by Crippen LogP contribution is 2.25. The summed E-state index contributed by atoms with van der Waals surface area (Å²) >= 11 is 3.38. The van der Waals surface area contributed by atoms with Crippen molar-refractivity contribution in [3.8, 4) is 10.6 Å². The Morgan fingerprint density at radius 2 is 2.20 bits per heavy atom. The predicted octanol–water partition coefficient (Wildman–Crippen LogP) is 2.72. The van der Waals surface area contributed by atoms with Gasteiger partial charge in [0.25, 0.3) is 0 Å². The van der Waals surface area contributed by atoms with Gasteiger partial charge in [-0.05, 0) is 31.2 Å². The zero-order valence-electron chi connectivity index (χ0n) is 11.1. The number of thiazole rings is 1. The molecule has 1 fully saturated rings. The monoisotopic (exact) mass is 305 g/mol. The molecule has 2 heterocycles. The van der Waals surface area contributed by atoms with E-state index in [1.54, 1.807) is 23.1 Å². The molecule has 1 unspecified atom stereocenters. The maximum atomic E-state index is 12.0. The van der Waals surface area contributed by atoms with E-state index in [4.69, 9.17) is 0 Å². The second kappa shape index (κ2) is 5.95. The first kappa shape index (κ1) is 13.6. The minimum atomic E-state index is -0.0821. The summed E-state index contributed by atoms with van der Waals surface area (Å²) in [6, 6.07) is 7.74. The number of anilines is 1. The zero-order valence-corrected chi connectivity index (χ0v) is 12.7. The van der Waals surface area contributed by atoms with Gasteiger partial charge in [-0.15, -0.1) is 23.1 Å². The minimum Gasteiger partial charge on any atom is -0.325 e. The van der Waals surface area contributed by atoms with Crippen LogP contribution in [-0.4, -0.2) is 28.6 Å². The van der Waals surface area contributed by atoms with Gasteiger partial charge in [0.1, 0.15) is 5.01 Å². The van der Waals surface area contributed by atoms with Crippen molar-refractivity contribution in [2.24, 2.45) is 0 Å². The van der Waals surface area contributed by atoms with Crippen LogP contribution in [0.1, 0.15) is 5.69 Å². The first-order valence-corrected chi connectivity index (χ1v) is 8.40. The largest absolute Gasteiger partial charge is 0.325 e. The molecule has 0 aliphatic carbocycles. The van der Waals surface area contributed by atoms with Crippen molar-refractivity contribution in [2.45, 2.75) is 13.0 Å². The molecule has 1 aromatic heterocycles. The molecule has 2 N–H and O–H groups in total. The Bertz CT molecular complexity index is 603. The number of nitrogens with zero attached hydrogens (tertiary/aromatic N) is 1. The fourth-order valence-electron chi connectivity index (χ4n) is 1.98. The smallest absolute Gasteiger partial charge is 0.242 e. The summed E-state index contributed by atoms with van der Waals surface area (Å²) in [5.74, 6) is 1.72. The van der Waals surface area contributed by atoms with Crippen molar-refractivity contribution in [1.82, 2.24) is 10.3 Å². The molecule has 1 aliphatic rings. The minimum absolute atomic E-state index is 0.0350. The van der Waals surface area contributed by atoms with E-state index in [9.17, 15) is 4.79 Å². The van der Waals surface area contributed by atoms with Crippen LogP contribution in [0.5, 0.6) is 0 Å².